The van der Waals surface area contributed by atoms with Crippen LogP contribution >= 0.6 is 33.9 Å². The number of halogens is 1. The van der Waals surface area contributed by atoms with Gasteiger partial charge in [0.1, 0.15) is 23.9 Å². The van der Waals surface area contributed by atoms with Crippen molar-refractivity contribution >= 4 is 63.3 Å². The van der Waals surface area contributed by atoms with Gasteiger partial charge in [0.2, 0.25) is 5.91 Å². The number of hydrogen-bond donors (Lipinski definition) is 7. The molecule has 0 spiro atoms. The summed E-state index contributed by atoms with van der Waals surface area (Å²) in [6.45, 7) is 16.7. The van der Waals surface area contributed by atoms with Crippen LogP contribution in [0, 0.1) is 17.8 Å². The van der Waals surface area contributed by atoms with E-state index in [1.165, 1.54) is 14.0 Å². The summed E-state index contributed by atoms with van der Waals surface area (Å²) in [4.78, 5) is 33.9. The number of methoxy groups -OCH3 is 1. The van der Waals surface area contributed by atoms with Crippen molar-refractivity contribution in [3.05, 3.63) is 65.6 Å². The van der Waals surface area contributed by atoms with Crippen molar-refractivity contribution in [2.75, 3.05) is 46.2 Å². The van der Waals surface area contributed by atoms with E-state index in [1.54, 1.807) is 59.0 Å². The van der Waals surface area contributed by atoms with Crippen LogP contribution in [-0.2, 0) is 38.0 Å². The Morgan fingerprint density at radius 3 is 2.26 bits per heavy atom. The standard InChI is InChI=1S/C57H83IN4O13S/c1-31-28-55(7,68)51(74-53-46(64)43(61(10)11)26-32(2)71-53)33(3)47(73-45-29-56(8,70-12)50(66)36(6)72-45)34(4)52(67)75-54(58)57(9,69)49(65)35(5)62(30-31)25-17-24-59-44(63)23-22-37-27-40-38-18-13-15-20-41(38)60-42-21-16-14-19-39(42)48(40)76-37/h13-16,18-23,27,31-36,43,45-47,49-51,53-54,60,64-66,68-69H,17,24-26,28-30H2,1-12H3,(H,59,63)/b23-22+/t31-,32-,33+,34-,35-,36+,43+,45+,46-,47+,49-,50+,51-,53+,54+,55-,56-,57+/m1/s1. The minimum absolute atomic E-state index is 0.0932. The number of amides is 1. The lowest BCUT2D eigenvalue weighted by atomic mass is 9.77. The number of rotatable bonds is 12. The van der Waals surface area contributed by atoms with E-state index in [1.807, 2.05) is 90.7 Å². The molecule has 18 atom stereocenters. The normalized spacial score (nSPS) is 37.9. The molecule has 0 unspecified atom stereocenters. The molecule has 0 radical (unpaired) electrons. The van der Waals surface area contributed by atoms with Crippen molar-refractivity contribution in [1.29, 1.82) is 0 Å². The number of alkyl halides is 1. The lowest BCUT2D eigenvalue weighted by molar-refractivity contribution is -0.317. The number of thiophene rings is 1. The number of fused-ring (bicyclic) bond motifs is 5. The number of para-hydroxylation sites is 2. The van der Waals surface area contributed by atoms with Gasteiger partial charge in [-0.05, 0) is 135 Å². The first-order chi connectivity index (χ1) is 35.8. The largest absolute Gasteiger partial charge is 0.448 e. The third-order valence-electron chi connectivity index (χ3n) is 16.2. The predicted octanol–water partition coefficient (Wildman–Crippen LogP) is 6.93. The Kier molecular flexibility index (Phi) is 20.0. The average molecular weight is 1190 g/mol. The van der Waals surface area contributed by atoms with E-state index in [9.17, 15) is 35.1 Å². The van der Waals surface area contributed by atoms with Gasteiger partial charge < -0.3 is 69.5 Å². The fourth-order valence-corrected chi connectivity index (χ4v) is 13.4. The van der Waals surface area contributed by atoms with Crippen molar-refractivity contribution in [2.24, 2.45) is 17.8 Å². The van der Waals surface area contributed by atoms with Gasteiger partial charge in [0.05, 0.1) is 41.5 Å². The van der Waals surface area contributed by atoms with Crippen LogP contribution in [0.15, 0.2) is 60.7 Å². The molecule has 4 aliphatic heterocycles. The quantitative estimate of drug-likeness (QED) is 0.0252. The molecule has 3 saturated heterocycles. The third kappa shape index (κ3) is 13.5. The number of benzene rings is 2. The zero-order chi connectivity index (χ0) is 55.6. The van der Waals surface area contributed by atoms with Crippen molar-refractivity contribution in [2.45, 2.75) is 176 Å². The Bertz CT molecular complexity index is 2410. The molecule has 1 aromatic heterocycles. The molecule has 2 aromatic carbocycles. The summed E-state index contributed by atoms with van der Waals surface area (Å²) in [5.41, 5.74) is 0.611. The molecule has 0 bridgehead atoms. The third-order valence-corrected chi connectivity index (χ3v) is 18.8. The van der Waals surface area contributed by atoms with Gasteiger partial charge in [0, 0.05) is 95.1 Å². The second-order valence-electron chi connectivity index (χ2n) is 22.7. The Hall–Kier alpha value is -3.13. The lowest BCUT2D eigenvalue weighted by Crippen LogP contribution is -2.60. The predicted molar refractivity (Wildman–Crippen MR) is 302 cm³/mol. The van der Waals surface area contributed by atoms with Gasteiger partial charge in [0.15, 0.2) is 16.7 Å². The first-order valence-corrected chi connectivity index (χ1v) is 28.8. The summed E-state index contributed by atoms with van der Waals surface area (Å²) in [7, 11) is 5.25. The SMILES string of the molecule is CO[C@]1(C)C[C@H](O[C@H]2[C@H](C)[C@@H](O[C@@H]3O[C@H](C)C[C@H](N(C)C)[C@H]3O)[C@](C)(O)C[C@@H](C)CN(CCCNC(=O)/C=C/c3cc4c(s3)-c3ccccc3Nc3ccccc3-4)[C@H](C)[C@@H](O)[C@](C)(O)[C@@H](I)OC(=O)[C@@H]2C)O[C@@H](C)[C@@H]1O. The van der Waals surface area contributed by atoms with E-state index in [-0.39, 0.29) is 36.8 Å². The van der Waals surface area contributed by atoms with Crippen molar-refractivity contribution in [3.63, 3.8) is 0 Å². The first kappa shape index (κ1) is 60.5. The molecule has 19 heteroatoms. The van der Waals surface area contributed by atoms with Crippen LogP contribution in [-0.4, -0.2) is 176 Å². The number of ether oxygens (including phenoxy) is 6. The van der Waals surface area contributed by atoms with Gasteiger partial charge in [-0.3, -0.25) is 14.5 Å². The molecular weight excluding hydrogens is 1110 g/mol. The summed E-state index contributed by atoms with van der Waals surface area (Å²) in [6.07, 6.45) is -4.32. The number of carbonyl (C=O) groups is 2. The van der Waals surface area contributed by atoms with Crippen LogP contribution in [0.2, 0.25) is 0 Å². The summed E-state index contributed by atoms with van der Waals surface area (Å²) in [6, 6.07) is 17.5. The van der Waals surface area contributed by atoms with Crippen LogP contribution in [0.1, 0.15) is 92.9 Å². The molecule has 3 aromatic rings. The van der Waals surface area contributed by atoms with Crippen LogP contribution < -0.4 is 10.6 Å². The minimum Gasteiger partial charge on any atom is -0.448 e. The van der Waals surface area contributed by atoms with Gasteiger partial charge in [-0.1, -0.05) is 50.2 Å². The molecule has 0 aliphatic carbocycles. The Morgan fingerprint density at radius 1 is 0.934 bits per heavy atom. The fraction of sp³-hybridized carbons (Fsp3) is 0.649. The highest BCUT2D eigenvalue weighted by molar-refractivity contribution is 14.1. The summed E-state index contributed by atoms with van der Waals surface area (Å²) >= 11 is 3.46. The highest BCUT2D eigenvalue weighted by Gasteiger charge is 2.53. The average Bonchev–Trinajstić information content (AvgIpc) is 3.77. The van der Waals surface area contributed by atoms with E-state index in [0.717, 1.165) is 37.8 Å². The van der Waals surface area contributed by atoms with Crippen molar-refractivity contribution < 1.29 is 63.5 Å². The second kappa shape index (κ2) is 25.1. The molecular formula is C57H83IN4O13S. The molecule has 7 rings (SSSR count). The molecule has 4 aliphatic rings. The fourth-order valence-electron chi connectivity index (χ4n) is 11.7. The van der Waals surface area contributed by atoms with E-state index in [0.29, 0.717) is 32.5 Å². The van der Waals surface area contributed by atoms with Gasteiger partial charge in [0.25, 0.3) is 0 Å². The number of esters is 1. The number of nitrogens with zero attached hydrogens (tertiary/aromatic N) is 2. The number of aliphatic hydroxyl groups is 5. The van der Waals surface area contributed by atoms with Crippen LogP contribution in [0.3, 0.4) is 0 Å². The highest BCUT2D eigenvalue weighted by Crippen LogP contribution is 2.49. The molecule has 17 nitrogen and oxygen atoms in total. The Balaban J connectivity index is 1.13. The Labute approximate surface area is 466 Å². The van der Waals surface area contributed by atoms with Gasteiger partial charge in [-0.25, -0.2) is 0 Å². The minimum atomic E-state index is -1.96. The molecule has 1 amide bonds. The van der Waals surface area contributed by atoms with Crippen molar-refractivity contribution in [1.82, 2.24) is 15.1 Å². The maximum absolute atomic E-state index is 14.5. The maximum atomic E-state index is 14.5. The van der Waals surface area contributed by atoms with Crippen molar-refractivity contribution in [3.8, 4) is 21.6 Å². The smallest absolute Gasteiger partial charge is 0.312 e. The van der Waals surface area contributed by atoms with Crippen LogP contribution in [0.25, 0.3) is 27.6 Å². The van der Waals surface area contributed by atoms with E-state index >= 15 is 0 Å². The highest BCUT2D eigenvalue weighted by atomic mass is 127. The molecule has 0 saturated carbocycles. The van der Waals surface area contributed by atoms with E-state index in [2.05, 4.69) is 41.0 Å². The number of aliphatic hydroxyl groups excluding tert-OH is 3. The zero-order valence-corrected chi connectivity index (χ0v) is 49.1. The number of cyclic esters (lactones) is 1. The molecule has 3 fully saturated rings. The topological polar surface area (TPSA) is 221 Å². The molecule has 5 heterocycles. The molecule has 7 N–H and O–H groups in total. The second-order valence-corrected chi connectivity index (χ2v) is 24.9. The number of carbonyl (C=O) groups excluding carboxylic acids is 2. The van der Waals surface area contributed by atoms with E-state index < -0.39 is 94.0 Å². The monoisotopic (exact) mass is 1190 g/mol. The number of anilines is 2. The lowest BCUT2D eigenvalue weighted by Gasteiger charge is -2.48. The summed E-state index contributed by atoms with van der Waals surface area (Å²) in [5, 5.41) is 66.6. The first-order valence-electron chi connectivity index (χ1n) is 26.7. The van der Waals surface area contributed by atoms with Gasteiger partial charge in [-0.2, -0.15) is 0 Å². The number of nitrogens with one attached hydrogen (secondary N) is 2. The zero-order valence-electron chi connectivity index (χ0n) is 46.1. The Morgan fingerprint density at radius 2 is 1.59 bits per heavy atom. The number of likely N-dealkylation sites (N-methyl/N-ethyl adjacent to an activating group) is 1. The summed E-state index contributed by atoms with van der Waals surface area (Å²) < 4.78 is 36.8. The molecule has 422 valence electrons. The van der Waals surface area contributed by atoms with Gasteiger partial charge >= 0.3 is 5.97 Å². The molecule has 76 heavy (non-hydrogen) atoms. The van der Waals surface area contributed by atoms with Gasteiger partial charge in [-0.15, -0.1) is 11.3 Å². The van der Waals surface area contributed by atoms with Crippen LogP contribution in [0.5, 0.6) is 0 Å². The number of hydrogen-bond acceptors (Lipinski definition) is 17. The summed E-state index contributed by atoms with van der Waals surface area (Å²) in [5.74, 6) is -3.21. The van der Waals surface area contributed by atoms with E-state index in [4.69, 9.17) is 28.4 Å². The maximum Gasteiger partial charge on any atom is 0.312 e. The van der Waals surface area contributed by atoms with Crippen LogP contribution in [0.4, 0.5) is 11.4 Å².